The molecule has 0 saturated carbocycles. The van der Waals surface area contributed by atoms with Gasteiger partial charge in [-0.2, -0.15) is 4.39 Å². The molecule has 1 aliphatic rings. The highest BCUT2D eigenvalue weighted by atomic mass is 32.1. The standard InChI is InChI=1S/C21H20FN5S/c1-12-11-23-13(2)18(12)15-6-7-16-20(24-15)26-21(28-16)14-5-8-17(25-19(14)22)27-9-3-4-10-27/h5-8,11,23H,3-4,9-10H2,1-2H3. The largest absolute Gasteiger partial charge is 0.364 e. The number of pyridine rings is 2. The lowest BCUT2D eigenvalue weighted by Gasteiger charge is -2.16. The number of fused-ring (bicyclic) bond motifs is 1. The van der Waals surface area contributed by atoms with E-state index in [0.717, 1.165) is 53.1 Å². The van der Waals surface area contributed by atoms with Gasteiger partial charge in [-0.1, -0.05) is 0 Å². The van der Waals surface area contributed by atoms with Crippen molar-refractivity contribution in [3.05, 3.63) is 47.7 Å². The van der Waals surface area contributed by atoms with Crippen LogP contribution in [0.3, 0.4) is 0 Å². The Kier molecular flexibility index (Phi) is 4.12. The van der Waals surface area contributed by atoms with Gasteiger partial charge in [-0.15, -0.1) is 11.3 Å². The summed E-state index contributed by atoms with van der Waals surface area (Å²) in [4.78, 5) is 18.9. The van der Waals surface area contributed by atoms with E-state index in [9.17, 15) is 4.39 Å². The van der Waals surface area contributed by atoms with Gasteiger partial charge in [0.25, 0.3) is 0 Å². The quantitative estimate of drug-likeness (QED) is 0.492. The Hall–Kier alpha value is -2.80. The van der Waals surface area contributed by atoms with E-state index in [-0.39, 0.29) is 0 Å². The topological polar surface area (TPSA) is 57.7 Å². The maximum absolute atomic E-state index is 14.7. The van der Waals surface area contributed by atoms with Crippen LogP contribution >= 0.6 is 11.3 Å². The van der Waals surface area contributed by atoms with Gasteiger partial charge in [0.05, 0.1) is 16.0 Å². The van der Waals surface area contributed by atoms with E-state index in [1.807, 2.05) is 31.3 Å². The minimum absolute atomic E-state index is 0.432. The van der Waals surface area contributed by atoms with Gasteiger partial charge in [0.1, 0.15) is 10.8 Å². The summed E-state index contributed by atoms with van der Waals surface area (Å²) in [6, 6.07) is 7.68. The second-order valence-electron chi connectivity index (χ2n) is 7.21. The predicted molar refractivity (Wildman–Crippen MR) is 111 cm³/mol. The number of halogens is 1. The van der Waals surface area contributed by atoms with Gasteiger partial charge in [0.15, 0.2) is 5.65 Å². The Morgan fingerprint density at radius 1 is 1.04 bits per heavy atom. The lowest BCUT2D eigenvalue weighted by atomic mass is 10.1. The Labute approximate surface area is 166 Å². The molecule has 0 aliphatic carbocycles. The van der Waals surface area contributed by atoms with Gasteiger partial charge < -0.3 is 9.88 Å². The zero-order chi connectivity index (χ0) is 19.3. The summed E-state index contributed by atoms with van der Waals surface area (Å²) in [7, 11) is 0. The van der Waals surface area contributed by atoms with Crippen LogP contribution in [0.2, 0.25) is 0 Å². The first kappa shape index (κ1) is 17.3. The molecule has 5 rings (SSSR count). The summed E-state index contributed by atoms with van der Waals surface area (Å²) < 4.78 is 15.7. The SMILES string of the molecule is Cc1c[nH]c(C)c1-c1ccc2sc(-c3ccc(N4CCCC4)nc3F)nc2n1. The van der Waals surface area contributed by atoms with Gasteiger partial charge in [-0.25, -0.2) is 15.0 Å². The van der Waals surface area contributed by atoms with Crippen molar-refractivity contribution in [2.24, 2.45) is 0 Å². The molecular weight excluding hydrogens is 373 g/mol. The van der Waals surface area contributed by atoms with E-state index in [4.69, 9.17) is 4.98 Å². The van der Waals surface area contributed by atoms with E-state index in [1.54, 1.807) is 6.07 Å². The summed E-state index contributed by atoms with van der Waals surface area (Å²) in [5.41, 5.74) is 5.27. The average molecular weight is 393 g/mol. The number of nitrogens with zero attached hydrogens (tertiary/aromatic N) is 4. The lowest BCUT2D eigenvalue weighted by Crippen LogP contribution is -2.19. The van der Waals surface area contributed by atoms with Crippen LogP contribution in [0.4, 0.5) is 10.2 Å². The number of hydrogen-bond donors (Lipinski definition) is 1. The van der Waals surface area contributed by atoms with Crippen molar-refractivity contribution in [1.29, 1.82) is 0 Å². The first-order chi connectivity index (χ1) is 13.6. The summed E-state index contributed by atoms with van der Waals surface area (Å²) >= 11 is 1.44. The van der Waals surface area contributed by atoms with Crippen LogP contribution in [0.25, 0.3) is 32.2 Å². The third kappa shape index (κ3) is 2.86. The van der Waals surface area contributed by atoms with Crippen LogP contribution in [0.15, 0.2) is 30.5 Å². The molecule has 0 spiro atoms. The lowest BCUT2D eigenvalue weighted by molar-refractivity contribution is 0.586. The Morgan fingerprint density at radius 2 is 1.86 bits per heavy atom. The Balaban J connectivity index is 1.53. The summed E-state index contributed by atoms with van der Waals surface area (Å²) in [6.07, 6.45) is 4.25. The predicted octanol–water partition coefficient (Wildman–Crippen LogP) is 5.10. The van der Waals surface area contributed by atoms with Gasteiger partial charge in [0.2, 0.25) is 5.95 Å². The molecule has 142 valence electrons. The van der Waals surface area contributed by atoms with Crippen molar-refractivity contribution >= 4 is 27.5 Å². The molecule has 1 aliphatic heterocycles. The number of thiazole rings is 1. The van der Waals surface area contributed by atoms with Crippen molar-refractivity contribution in [1.82, 2.24) is 19.9 Å². The van der Waals surface area contributed by atoms with E-state index in [2.05, 4.69) is 26.8 Å². The monoisotopic (exact) mass is 393 g/mol. The van der Waals surface area contributed by atoms with Crippen LogP contribution in [0.1, 0.15) is 24.1 Å². The van der Waals surface area contributed by atoms with Gasteiger partial charge >= 0.3 is 0 Å². The molecule has 0 amide bonds. The zero-order valence-electron chi connectivity index (χ0n) is 15.8. The second-order valence-corrected chi connectivity index (χ2v) is 8.24. The van der Waals surface area contributed by atoms with Crippen LogP contribution in [0.5, 0.6) is 0 Å². The van der Waals surface area contributed by atoms with Gasteiger partial charge in [-0.05, 0) is 56.5 Å². The first-order valence-corrected chi connectivity index (χ1v) is 10.3. The van der Waals surface area contributed by atoms with E-state index in [1.165, 1.54) is 11.3 Å². The molecule has 0 radical (unpaired) electrons. The third-order valence-corrected chi connectivity index (χ3v) is 6.32. The molecule has 1 saturated heterocycles. The molecule has 4 aromatic rings. The molecule has 5 heterocycles. The van der Waals surface area contributed by atoms with Crippen LogP contribution in [-0.4, -0.2) is 33.0 Å². The number of aromatic amines is 1. The molecule has 28 heavy (non-hydrogen) atoms. The fourth-order valence-corrected chi connectivity index (χ4v) is 4.75. The number of aromatic nitrogens is 4. The molecule has 0 unspecified atom stereocenters. The molecule has 0 atom stereocenters. The molecule has 4 aromatic heterocycles. The fourth-order valence-electron chi connectivity index (χ4n) is 3.83. The second kappa shape index (κ2) is 6.67. The maximum Gasteiger partial charge on any atom is 0.225 e. The molecule has 0 aromatic carbocycles. The maximum atomic E-state index is 14.7. The molecule has 1 N–H and O–H groups in total. The van der Waals surface area contributed by atoms with Crippen molar-refractivity contribution < 1.29 is 4.39 Å². The van der Waals surface area contributed by atoms with Crippen LogP contribution in [0, 0.1) is 19.8 Å². The van der Waals surface area contributed by atoms with Crippen LogP contribution < -0.4 is 4.90 Å². The summed E-state index contributed by atoms with van der Waals surface area (Å²) in [5.74, 6) is 0.236. The van der Waals surface area contributed by atoms with Gasteiger partial charge in [-0.3, -0.25) is 0 Å². The minimum atomic E-state index is -0.471. The number of nitrogens with one attached hydrogen (secondary N) is 1. The normalized spacial score (nSPS) is 14.3. The molecule has 1 fully saturated rings. The number of H-pyrrole nitrogens is 1. The summed E-state index contributed by atoms with van der Waals surface area (Å²) in [6.45, 7) is 5.97. The van der Waals surface area contributed by atoms with E-state index < -0.39 is 5.95 Å². The third-order valence-electron chi connectivity index (χ3n) is 5.28. The van der Waals surface area contributed by atoms with Crippen LogP contribution in [-0.2, 0) is 0 Å². The fraction of sp³-hybridized carbons (Fsp3) is 0.286. The molecule has 7 heteroatoms. The number of anilines is 1. The van der Waals surface area contributed by atoms with Crippen molar-refractivity contribution in [2.45, 2.75) is 26.7 Å². The van der Waals surface area contributed by atoms with E-state index in [0.29, 0.717) is 22.0 Å². The molecule has 5 nitrogen and oxygen atoms in total. The number of rotatable bonds is 3. The van der Waals surface area contributed by atoms with Crippen molar-refractivity contribution in [2.75, 3.05) is 18.0 Å². The Bertz CT molecular complexity index is 1150. The minimum Gasteiger partial charge on any atom is -0.364 e. The highest BCUT2D eigenvalue weighted by Gasteiger charge is 2.18. The summed E-state index contributed by atoms with van der Waals surface area (Å²) in [5, 5.41) is 0.611. The first-order valence-electron chi connectivity index (χ1n) is 9.44. The Morgan fingerprint density at radius 3 is 2.57 bits per heavy atom. The van der Waals surface area contributed by atoms with E-state index >= 15 is 0 Å². The van der Waals surface area contributed by atoms with Gasteiger partial charge in [0, 0.05) is 30.5 Å². The molecule has 0 bridgehead atoms. The number of aryl methyl sites for hydroxylation is 2. The average Bonchev–Trinajstić information content (AvgIpc) is 3.41. The zero-order valence-corrected chi connectivity index (χ0v) is 16.6. The highest BCUT2D eigenvalue weighted by molar-refractivity contribution is 7.21. The molecular formula is C21H20FN5S. The highest BCUT2D eigenvalue weighted by Crippen LogP contribution is 2.34. The number of hydrogen-bond acceptors (Lipinski definition) is 5. The van der Waals surface area contributed by atoms with Crippen molar-refractivity contribution in [3.8, 4) is 21.8 Å². The smallest absolute Gasteiger partial charge is 0.225 e. The van der Waals surface area contributed by atoms with Crippen molar-refractivity contribution in [3.63, 3.8) is 0 Å².